The first-order valence-electron chi connectivity index (χ1n) is 11.5. The Labute approximate surface area is 194 Å². The Kier molecular flexibility index (Phi) is 5.63. The zero-order chi connectivity index (χ0) is 22.9. The van der Waals surface area contributed by atoms with Crippen LogP contribution in [-0.2, 0) is 11.3 Å². The third-order valence-electron chi connectivity index (χ3n) is 6.61. The molecule has 4 aromatic rings. The number of aromatic nitrogens is 2. The van der Waals surface area contributed by atoms with Gasteiger partial charge in [0.05, 0.1) is 17.6 Å². The van der Waals surface area contributed by atoms with E-state index < -0.39 is 0 Å². The van der Waals surface area contributed by atoms with Crippen LogP contribution in [0.15, 0.2) is 66.7 Å². The second-order valence-corrected chi connectivity index (χ2v) is 8.90. The van der Waals surface area contributed by atoms with Gasteiger partial charge < -0.3 is 14.2 Å². The minimum Gasteiger partial charge on any atom is -0.492 e. The number of aryl methyl sites for hydroxylation is 2. The Hall–Kier alpha value is -3.60. The summed E-state index contributed by atoms with van der Waals surface area (Å²) in [6.45, 7) is 8.10. The van der Waals surface area contributed by atoms with Crippen LogP contribution in [0.4, 0.5) is 5.69 Å². The molecule has 33 heavy (non-hydrogen) atoms. The highest BCUT2D eigenvalue weighted by atomic mass is 16.5. The lowest BCUT2D eigenvalue weighted by atomic mass is 10.1. The fraction of sp³-hybridized carbons (Fsp3) is 0.286. The zero-order valence-corrected chi connectivity index (χ0v) is 19.4. The van der Waals surface area contributed by atoms with Crippen LogP contribution in [0.1, 0.15) is 34.9 Å². The molecule has 1 aliphatic rings. The molecule has 5 nitrogen and oxygen atoms in total. The predicted octanol–water partition coefficient (Wildman–Crippen LogP) is 5.56. The largest absolute Gasteiger partial charge is 0.492 e. The van der Waals surface area contributed by atoms with Crippen molar-refractivity contribution < 1.29 is 9.53 Å². The van der Waals surface area contributed by atoms with Crippen LogP contribution >= 0.6 is 0 Å². The Morgan fingerprint density at radius 3 is 2.67 bits per heavy atom. The molecule has 1 fully saturated rings. The maximum absolute atomic E-state index is 13.0. The van der Waals surface area contributed by atoms with Crippen molar-refractivity contribution in [1.82, 2.24) is 9.55 Å². The van der Waals surface area contributed by atoms with Gasteiger partial charge in [-0.3, -0.25) is 4.79 Å². The van der Waals surface area contributed by atoms with Gasteiger partial charge in [0, 0.05) is 24.6 Å². The molecule has 5 heteroatoms. The van der Waals surface area contributed by atoms with E-state index in [-0.39, 0.29) is 11.8 Å². The minimum absolute atomic E-state index is 0.0452. The molecule has 0 unspecified atom stereocenters. The van der Waals surface area contributed by atoms with E-state index in [1.54, 1.807) is 0 Å². The molecule has 1 saturated heterocycles. The summed E-state index contributed by atoms with van der Waals surface area (Å²) in [5, 5.41) is 0. The fourth-order valence-corrected chi connectivity index (χ4v) is 4.74. The highest BCUT2D eigenvalue weighted by molar-refractivity contribution is 5.97. The van der Waals surface area contributed by atoms with Crippen molar-refractivity contribution in [1.29, 1.82) is 0 Å². The Morgan fingerprint density at radius 2 is 1.82 bits per heavy atom. The highest BCUT2D eigenvalue weighted by Crippen LogP contribution is 2.35. The molecule has 0 aliphatic carbocycles. The summed E-state index contributed by atoms with van der Waals surface area (Å²) < 4.78 is 8.27. The average molecular weight is 440 g/mol. The van der Waals surface area contributed by atoms with Crippen molar-refractivity contribution in [2.24, 2.45) is 0 Å². The van der Waals surface area contributed by atoms with Crippen molar-refractivity contribution in [3.63, 3.8) is 0 Å². The van der Waals surface area contributed by atoms with E-state index in [1.807, 2.05) is 53.4 Å². The zero-order valence-electron chi connectivity index (χ0n) is 19.4. The third kappa shape index (κ3) is 4.11. The molecule has 3 aromatic carbocycles. The summed E-state index contributed by atoms with van der Waals surface area (Å²) in [5.41, 5.74) is 6.58. The average Bonchev–Trinajstić information content (AvgIpc) is 3.36. The number of benzene rings is 3. The smallest absolute Gasteiger partial charge is 0.227 e. The lowest BCUT2D eigenvalue weighted by Crippen LogP contribution is -2.25. The summed E-state index contributed by atoms with van der Waals surface area (Å²) in [4.78, 5) is 19.9. The Balaban J connectivity index is 1.42. The van der Waals surface area contributed by atoms with Gasteiger partial charge >= 0.3 is 0 Å². The molecule has 0 spiro atoms. The number of hydrogen-bond donors (Lipinski definition) is 0. The van der Waals surface area contributed by atoms with Gasteiger partial charge in [0.25, 0.3) is 0 Å². The summed E-state index contributed by atoms with van der Waals surface area (Å²) in [6, 6.07) is 22.4. The van der Waals surface area contributed by atoms with E-state index in [1.165, 1.54) is 11.1 Å². The van der Waals surface area contributed by atoms with Crippen LogP contribution in [0.25, 0.3) is 11.0 Å². The first-order valence-corrected chi connectivity index (χ1v) is 11.5. The number of amides is 1. The minimum atomic E-state index is 0.0452. The number of carbonyl (C=O) groups is 1. The monoisotopic (exact) mass is 439 g/mol. The number of carbonyl (C=O) groups excluding carboxylic acids is 1. The van der Waals surface area contributed by atoms with Gasteiger partial charge in [-0.05, 0) is 67.8 Å². The van der Waals surface area contributed by atoms with E-state index in [4.69, 9.17) is 9.72 Å². The molecule has 1 amide bonds. The van der Waals surface area contributed by atoms with Crippen molar-refractivity contribution in [3.05, 3.63) is 89.2 Å². The van der Waals surface area contributed by atoms with Gasteiger partial charge in [-0.2, -0.15) is 0 Å². The van der Waals surface area contributed by atoms with Gasteiger partial charge in [-0.1, -0.05) is 36.4 Å². The molecule has 0 bridgehead atoms. The van der Waals surface area contributed by atoms with Crippen LogP contribution in [0.2, 0.25) is 0 Å². The van der Waals surface area contributed by atoms with Crippen LogP contribution in [0.3, 0.4) is 0 Å². The molecular weight excluding hydrogens is 410 g/mol. The summed E-state index contributed by atoms with van der Waals surface area (Å²) in [7, 11) is 0. The third-order valence-corrected chi connectivity index (χ3v) is 6.61. The first-order chi connectivity index (χ1) is 16.0. The fourth-order valence-electron chi connectivity index (χ4n) is 4.74. The number of ether oxygens (including phenoxy) is 1. The van der Waals surface area contributed by atoms with E-state index >= 15 is 0 Å². The number of fused-ring (bicyclic) bond motifs is 1. The molecule has 5 rings (SSSR count). The molecule has 1 aliphatic heterocycles. The van der Waals surface area contributed by atoms with Crippen molar-refractivity contribution >= 4 is 22.6 Å². The van der Waals surface area contributed by atoms with Gasteiger partial charge in [-0.25, -0.2) is 4.98 Å². The molecule has 1 aromatic heterocycles. The standard InChI is InChI=1S/C28H29N3O2/c1-19-8-6-10-23(16-19)33-15-14-30-26-12-5-4-11-24(26)29-28(30)22-17-27(32)31(18-22)25-13-7-9-20(2)21(25)3/h4-13,16,22H,14-15,17-18H2,1-3H3/t22-/m0/s1. The van der Waals surface area contributed by atoms with Crippen molar-refractivity contribution in [2.45, 2.75) is 39.7 Å². The Bertz CT molecular complexity index is 1320. The van der Waals surface area contributed by atoms with Crippen molar-refractivity contribution in [2.75, 3.05) is 18.1 Å². The first kappa shape index (κ1) is 21.3. The molecule has 0 saturated carbocycles. The number of hydrogen-bond acceptors (Lipinski definition) is 3. The SMILES string of the molecule is Cc1cccc(OCCn2c([C@H]3CC(=O)N(c4cccc(C)c4C)C3)nc3ccccc32)c1. The number of nitrogens with zero attached hydrogens (tertiary/aromatic N) is 3. The van der Waals surface area contributed by atoms with E-state index in [0.717, 1.165) is 33.9 Å². The Morgan fingerprint density at radius 1 is 1.00 bits per heavy atom. The van der Waals surface area contributed by atoms with Crippen LogP contribution in [-0.4, -0.2) is 28.6 Å². The van der Waals surface area contributed by atoms with Crippen LogP contribution in [0, 0.1) is 20.8 Å². The lowest BCUT2D eigenvalue weighted by Gasteiger charge is -2.20. The molecule has 0 radical (unpaired) electrons. The van der Waals surface area contributed by atoms with E-state index in [9.17, 15) is 4.79 Å². The van der Waals surface area contributed by atoms with Crippen LogP contribution < -0.4 is 9.64 Å². The maximum atomic E-state index is 13.0. The topological polar surface area (TPSA) is 47.4 Å². The van der Waals surface area contributed by atoms with Gasteiger partial charge in [0.2, 0.25) is 5.91 Å². The summed E-state index contributed by atoms with van der Waals surface area (Å²) >= 11 is 0. The predicted molar refractivity (Wildman–Crippen MR) is 132 cm³/mol. The summed E-state index contributed by atoms with van der Waals surface area (Å²) in [5.74, 6) is 2.04. The van der Waals surface area contributed by atoms with Crippen molar-refractivity contribution in [3.8, 4) is 5.75 Å². The van der Waals surface area contributed by atoms with Gasteiger partial charge in [0.15, 0.2) is 0 Å². The molecule has 0 N–H and O–H groups in total. The maximum Gasteiger partial charge on any atom is 0.227 e. The number of anilines is 1. The quantitative estimate of drug-likeness (QED) is 0.395. The van der Waals surface area contributed by atoms with Crippen LogP contribution in [0.5, 0.6) is 5.75 Å². The molecule has 168 valence electrons. The van der Waals surface area contributed by atoms with E-state index in [0.29, 0.717) is 26.1 Å². The van der Waals surface area contributed by atoms with E-state index in [2.05, 4.69) is 43.5 Å². The summed E-state index contributed by atoms with van der Waals surface area (Å²) in [6.07, 6.45) is 0.468. The highest BCUT2D eigenvalue weighted by Gasteiger charge is 2.35. The lowest BCUT2D eigenvalue weighted by molar-refractivity contribution is -0.117. The molecular formula is C28H29N3O2. The number of imidazole rings is 1. The molecule has 1 atom stereocenters. The second kappa shape index (κ2) is 8.74. The second-order valence-electron chi connectivity index (χ2n) is 8.90. The van der Waals surface area contributed by atoms with Gasteiger partial charge in [0.1, 0.15) is 18.2 Å². The molecule has 2 heterocycles. The van der Waals surface area contributed by atoms with Gasteiger partial charge in [-0.15, -0.1) is 0 Å². The normalized spacial score (nSPS) is 16.0. The number of rotatable bonds is 6. The number of para-hydroxylation sites is 2.